The summed E-state index contributed by atoms with van der Waals surface area (Å²) in [4.78, 5) is 58.6. The molecule has 39 heavy (non-hydrogen) atoms. The van der Waals surface area contributed by atoms with Crippen molar-refractivity contribution in [3.63, 3.8) is 0 Å². The molecule has 0 aromatic carbocycles. The van der Waals surface area contributed by atoms with E-state index in [0.29, 0.717) is 5.56 Å². The molecule has 3 aromatic rings. The number of aromatic nitrogens is 5. The van der Waals surface area contributed by atoms with E-state index in [-0.39, 0.29) is 53.0 Å². The molecule has 200 valence electrons. The van der Waals surface area contributed by atoms with Gasteiger partial charge in [0.15, 0.2) is 11.2 Å². The number of anilines is 2. The highest BCUT2D eigenvalue weighted by Crippen LogP contribution is 2.31. The van der Waals surface area contributed by atoms with E-state index in [4.69, 9.17) is 7.85 Å². The van der Waals surface area contributed by atoms with Crippen molar-refractivity contribution in [3.8, 4) is 11.8 Å². The first-order valence-corrected chi connectivity index (χ1v) is 13.9. The third-order valence-electron chi connectivity index (χ3n) is 6.51. The smallest absolute Gasteiger partial charge is 0.312 e. The van der Waals surface area contributed by atoms with E-state index in [0.717, 1.165) is 39.4 Å². The van der Waals surface area contributed by atoms with E-state index in [9.17, 15) is 27.6 Å². The monoisotopic (exact) mass is 549 g/mol. The van der Waals surface area contributed by atoms with Gasteiger partial charge in [-0.3, -0.25) is 23.5 Å². The number of carbonyl (C=O) groups excluding carboxylic acids is 2. The van der Waals surface area contributed by atoms with Gasteiger partial charge in [-0.2, -0.15) is 4.98 Å². The molecule has 0 unspecified atom stereocenters. The Balaban J connectivity index is 1.52. The molecule has 0 saturated heterocycles. The van der Waals surface area contributed by atoms with Crippen molar-refractivity contribution in [2.75, 3.05) is 16.3 Å². The Hall–Kier alpha value is -4.19. The minimum absolute atomic E-state index is 0.0589. The lowest BCUT2D eigenvalue weighted by molar-refractivity contribution is -0.118. The van der Waals surface area contributed by atoms with Crippen LogP contribution >= 0.6 is 0 Å². The molecule has 2 aliphatic rings. The Labute approximate surface area is 224 Å². The molecule has 2 radical (unpaired) electrons. The molecule has 2 saturated carbocycles. The molecule has 2 N–H and O–H groups in total. The lowest BCUT2D eigenvalue weighted by atomic mass is 10.2. The van der Waals surface area contributed by atoms with Gasteiger partial charge in [0.05, 0.1) is 14.4 Å². The van der Waals surface area contributed by atoms with Crippen LogP contribution in [-0.4, -0.2) is 57.4 Å². The normalized spacial score (nSPS) is 15.0. The van der Waals surface area contributed by atoms with E-state index in [1.165, 1.54) is 14.1 Å². The fraction of sp³-hybridized carbons (Fsp3) is 0.417. The number of sulfone groups is 1. The minimum Gasteiger partial charge on any atom is -0.312 e. The molecule has 0 spiro atoms. The molecule has 2 fully saturated rings. The van der Waals surface area contributed by atoms with E-state index in [1.54, 1.807) is 12.1 Å². The first-order valence-electron chi connectivity index (χ1n) is 12.2. The SMILES string of the molecule is [B]CS(=O)(=O)c1nc2c(c(=O)n(C)c(=O)n2CC#Cc2cc(NC(=O)C3CC3)nc(NC(=O)C3CC3)c2)n1C. The molecule has 0 bridgehead atoms. The Kier molecular flexibility index (Phi) is 6.67. The van der Waals surface area contributed by atoms with Crippen molar-refractivity contribution in [2.45, 2.75) is 37.4 Å². The number of amides is 2. The largest absolute Gasteiger partial charge is 0.333 e. The fourth-order valence-electron chi connectivity index (χ4n) is 4.00. The van der Waals surface area contributed by atoms with Crippen LogP contribution in [0.25, 0.3) is 11.2 Å². The summed E-state index contributed by atoms with van der Waals surface area (Å²) < 4.78 is 27.8. The van der Waals surface area contributed by atoms with Gasteiger partial charge in [-0.05, 0) is 37.8 Å². The molecule has 3 heterocycles. The summed E-state index contributed by atoms with van der Waals surface area (Å²) in [6, 6.07) is 3.09. The van der Waals surface area contributed by atoms with Gasteiger partial charge in [0, 0.05) is 37.1 Å². The molecular formula is C24H24BN7O6S. The van der Waals surface area contributed by atoms with Crippen molar-refractivity contribution < 1.29 is 18.0 Å². The number of fused-ring (bicyclic) bond motifs is 1. The van der Waals surface area contributed by atoms with Crippen LogP contribution < -0.4 is 21.9 Å². The molecule has 0 atom stereocenters. The summed E-state index contributed by atoms with van der Waals surface area (Å²) in [5.74, 6) is 5.73. The molecule has 15 heteroatoms. The third-order valence-corrected chi connectivity index (χ3v) is 7.87. The fourth-order valence-corrected chi connectivity index (χ4v) is 4.89. The molecule has 0 aliphatic heterocycles. The molecule has 5 rings (SSSR count). The van der Waals surface area contributed by atoms with Gasteiger partial charge in [-0.25, -0.2) is 18.2 Å². The molecule has 2 aliphatic carbocycles. The average Bonchev–Trinajstić information content (AvgIpc) is 3.80. The van der Waals surface area contributed by atoms with Gasteiger partial charge in [0.1, 0.15) is 11.6 Å². The summed E-state index contributed by atoms with van der Waals surface area (Å²) in [5, 5.41) is 5.05. The topological polar surface area (TPSA) is 167 Å². The van der Waals surface area contributed by atoms with Crippen LogP contribution in [-0.2, 0) is 40.1 Å². The zero-order chi connectivity index (χ0) is 28.1. The van der Waals surface area contributed by atoms with Gasteiger partial charge < -0.3 is 15.2 Å². The first-order chi connectivity index (χ1) is 18.5. The van der Waals surface area contributed by atoms with Crippen LogP contribution in [0.1, 0.15) is 31.2 Å². The Morgan fingerprint density at radius 2 is 1.56 bits per heavy atom. The van der Waals surface area contributed by atoms with Crippen molar-refractivity contribution in [3.05, 3.63) is 38.5 Å². The van der Waals surface area contributed by atoms with Crippen molar-refractivity contribution >= 4 is 52.3 Å². The number of imidazole rings is 1. The second-order valence-corrected chi connectivity index (χ2v) is 11.5. The van der Waals surface area contributed by atoms with E-state index >= 15 is 0 Å². The molecule has 13 nitrogen and oxygen atoms in total. The number of rotatable bonds is 7. The summed E-state index contributed by atoms with van der Waals surface area (Å²) in [6.45, 7) is -0.238. The van der Waals surface area contributed by atoms with Crippen LogP contribution in [0.2, 0.25) is 0 Å². The van der Waals surface area contributed by atoms with Crippen molar-refractivity contribution in [1.82, 2.24) is 23.7 Å². The van der Waals surface area contributed by atoms with Gasteiger partial charge in [-0.1, -0.05) is 11.8 Å². The zero-order valence-corrected chi connectivity index (χ0v) is 22.0. The Morgan fingerprint density at radius 1 is 1.00 bits per heavy atom. The summed E-state index contributed by atoms with van der Waals surface area (Å²) in [6.07, 6.45) is 3.23. The standard InChI is InChI=1S/C24H24BN7O6S/c1-30-18-19(29-23(30)39(37,38)12-25)32(24(36)31(2)22(18)35)9-3-4-13-10-16(27-20(33)14-5-6-14)26-17(11-13)28-21(34)15-7-8-15/h10-11,14-15H,5-9,12H2,1-2H3,(H2,26,27,28,33,34). The van der Waals surface area contributed by atoms with Crippen LogP contribution in [0, 0.1) is 23.7 Å². The maximum absolute atomic E-state index is 12.9. The lowest BCUT2D eigenvalue weighted by Gasteiger charge is -2.09. The maximum atomic E-state index is 12.9. The number of nitrogens with zero attached hydrogens (tertiary/aromatic N) is 5. The van der Waals surface area contributed by atoms with Crippen LogP contribution in [0.3, 0.4) is 0 Å². The number of aryl methyl sites for hydroxylation is 1. The summed E-state index contributed by atoms with van der Waals surface area (Å²) in [7, 11) is 3.99. The summed E-state index contributed by atoms with van der Waals surface area (Å²) in [5.41, 5.74) is -2.00. The highest BCUT2D eigenvalue weighted by atomic mass is 32.2. The molecular weight excluding hydrogens is 525 g/mol. The van der Waals surface area contributed by atoms with Gasteiger partial charge >= 0.3 is 5.69 Å². The number of pyridine rings is 1. The predicted molar refractivity (Wildman–Crippen MR) is 142 cm³/mol. The third kappa shape index (κ3) is 5.24. The van der Waals surface area contributed by atoms with E-state index in [2.05, 4.69) is 32.4 Å². The number of hydrogen-bond acceptors (Lipinski definition) is 8. The number of nitrogens with one attached hydrogen (secondary N) is 2. The second kappa shape index (κ2) is 9.85. The highest BCUT2D eigenvalue weighted by Gasteiger charge is 2.31. The Morgan fingerprint density at radius 3 is 2.08 bits per heavy atom. The van der Waals surface area contributed by atoms with Gasteiger partial charge in [-0.15, -0.1) is 0 Å². The predicted octanol–water partition coefficient (Wildman–Crippen LogP) is -0.523. The molecule has 2 amide bonds. The van der Waals surface area contributed by atoms with Crippen LogP contribution in [0.4, 0.5) is 11.6 Å². The molecule has 3 aromatic heterocycles. The summed E-state index contributed by atoms with van der Waals surface area (Å²) >= 11 is 0. The van der Waals surface area contributed by atoms with Crippen molar-refractivity contribution in [2.24, 2.45) is 25.9 Å². The minimum atomic E-state index is -3.99. The number of carbonyl (C=O) groups is 2. The van der Waals surface area contributed by atoms with Crippen LogP contribution in [0.5, 0.6) is 0 Å². The lowest BCUT2D eigenvalue weighted by Crippen LogP contribution is -2.38. The van der Waals surface area contributed by atoms with E-state index < -0.39 is 31.9 Å². The quantitative estimate of drug-likeness (QED) is 0.293. The second-order valence-electron chi connectivity index (χ2n) is 9.60. The first kappa shape index (κ1) is 26.4. The van der Waals surface area contributed by atoms with Crippen LogP contribution in [0.15, 0.2) is 26.9 Å². The van der Waals surface area contributed by atoms with Gasteiger partial charge in [0.2, 0.25) is 26.8 Å². The number of hydrogen-bond donors (Lipinski definition) is 2. The highest BCUT2D eigenvalue weighted by molar-refractivity contribution is 7.92. The van der Waals surface area contributed by atoms with E-state index in [1.807, 2.05) is 0 Å². The maximum Gasteiger partial charge on any atom is 0.333 e. The zero-order valence-electron chi connectivity index (χ0n) is 21.2. The van der Waals surface area contributed by atoms with Crippen molar-refractivity contribution in [1.29, 1.82) is 0 Å². The van der Waals surface area contributed by atoms with Gasteiger partial charge in [0.25, 0.3) is 5.56 Å². The average molecular weight is 549 g/mol. The Bertz CT molecular complexity index is 1780.